The van der Waals surface area contributed by atoms with Crippen molar-refractivity contribution in [3.8, 4) is 11.1 Å². The minimum absolute atomic E-state index is 0.0193. The number of carbonyl (C=O) groups excluding carboxylic acids is 3. The largest absolute Gasteiger partial charge is 0.481 e. The topological polar surface area (TPSA) is 208 Å². The molecule has 0 aliphatic rings. The summed E-state index contributed by atoms with van der Waals surface area (Å²) in [6.45, 7) is 1.83. The smallest absolute Gasteiger partial charge is 0.326 e. The summed E-state index contributed by atoms with van der Waals surface area (Å²) in [6.07, 6.45) is -1.28. The summed E-state index contributed by atoms with van der Waals surface area (Å²) in [5.41, 5.74) is 15.8. The Morgan fingerprint density at radius 1 is 1.00 bits per heavy atom. The summed E-state index contributed by atoms with van der Waals surface area (Å²) < 4.78 is 15.1. The number of carbonyl (C=O) groups is 5. The van der Waals surface area contributed by atoms with Crippen molar-refractivity contribution in [3.63, 3.8) is 0 Å². The van der Waals surface area contributed by atoms with E-state index in [0.717, 1.165) is 21.4 Å². The number of aromatic nitrogens is 2. The first-order chi connectivity index (χ1) is 21.3. The second-order valence-corrected chi connectivity index (χ2v) is 10.7. The molecule has 1 aromatic heterocycles. The first-order valence-electron chi connectivity index (χ1n) is 14.0. The van der Waals surface area contributed by atoms with Crippen LogP contribution in [0.1, 0.15) is 40.7 Å². The highest BCUT2D eigenvalue weighted by Gasteiger charge is 2.27. The van der Waals surface area contributed by atoms with Crippen molar-refractivity contribution in [2.24, 2.45) is 5.73 Å². The van der Waals surface area contributed by atoms with Crippen molar-refractivity contribution < 1.29 is 38.6 Å². The standard InChI is InChI=1S/C32H32FN5O7/c1-17-5-10-23(33)20(13-17)15-21(39)14-18-6-8-19(9-7-18)22-3-2-4-26-29(22)30(35)37-38(26)27(40)16-24(34)31(43)36-25(32(44)45)11-12-28(41)42/h2-10,13,24-25H,11-12,14-16,34H2,1H3,(H2,35,37)(H,36,43)(H,41,42)(H,44,45)/t24-,25-/m0/s1. The molecule has 3 aromatic carbocycles. The van der Waals surface area contributed by atoms with Crippen molar-refractivity contribution in [1.82, 2.24) is 15.1 Å². The summed E-state index contributed by atoms with van der Waals surface area (Å²) in [7, 11) is 0. The number of benzene rings is 3. The quantitative estimate of drug-likeness (QED) is 0.148. The van der Waals surface area contributed by atoms with Gasteiger partial charge in [-0.05, 0) is 47.7 Å². The Bertz CT molecular complexity index is 1780. The fourth-order valence-corrected chi connectivity index (χ4v) is 4.94. The minimum Gasteiger partial charge on any atom is -0.481 e. The first-order valence-corrected chi connectivity index (χ1v) is 14.0. The Kier molecular flexibility index (Phi) is 10.0. The normalized spacial score (nSPS) is 12.4. The molecule has 0 unspecified atom stereocenters. The predicted octanol–water partition coefficient (Wildman–Crippen LogP) is 2.88. The third-order valence-corrected chi connectivity index (χ3v) is 7.22. The summed E-state index contributed by atoms with van der Waals surface area (Å²) in [6, 6.07) is 14.0. The van der Waals surface area contributed by atoms with Crippen LogP contribution >= 0.6 is 0 Å². The molecule has 4 rings (SSSR count). The van der Waals surface area contributed by atoms with E-state index >= 15 is 0 Å². The molecule has 7 N–H and O–H groups in total. The number of rotatable bonds is 13. The highest BCUT2D eigenvalue weighted by Crippen LogP contribution is 2.33. The number of hydrogen-bond acceptors (Lipinski definition) is 8. The van der Waals surface area contributed by atoms with Gasteiger partial charge in [0.2, 0.25) is 11.8 Å². The lowest BCUT2D eigenvalue weighted by atomic mass is 9.97. The molecule has 234 valence electrons. The third kappa shape index (κ3) is 7.95. The van der Waals surface area contributed by atoms with Gasteiger partial charge in [0, 0.05) is 19.3 Å². The molecule has 1 amide bonds. The van der Waals surface area contributed by atoms with Gasteiger partial charge in [0.15, 0.2) is 5.82 Å². The Morgan fingerprint density at radius 3 is 2.38 bits per heavy atom. The Morgan fingerprint density at radius 2 is 1.71 bits per heavy atom. The zero-order valence-electron chi connectivity index (χ0n) is 24.3. The molecule has 12 nitrogen and oxygen atoms in total. The fraction of sp³-hybridized carbons (Fsp3) is 0.250. The minimum atomic E-state index is -1.49. The zero-order valence-corrected chi connectivity index (χ0v) is 24.3. The second-order valence-electron chi connectivity index (χ2n) is 10.7. The molecular weight excluding hydrogens is 585 g/mol. The number of nitrogens with zero attached hydrogens (tertiary/aromatic N) is 2. The molecule has 0 fully saturated rings. The monoisotopic (exact) mass is 617 g/mol. The van der Waals surface area contributed by atoms with Gasteiger partial charge in [-0.1, -0.05) is 54.1 Å². The third-order valence-electron chi connectivity index (χ3n) is 7.22. The van der Waals surface area contributed by atoms with Crippen LogP contribution in [0.5, 0.6) is 0 Å². The van der Waals surface area contributed by atoms with Gasteiger partial charge in [-0.15, -0.1) is 5.10 Å². The Hall–Kier alpha value is -5.43. The van der Waals surface area contributed by atoms with E-state index in [4.69, 9.17) is 16.6 Å². The van der Waals surface area contributed by atoms with Crippen molar-refractivity contribution in [2.75, 3.05) is 5.73 Å². The Balaban J connectivity index is 1.47. The number of amides is 1. The number of Topliss-reactive ketones (excluding diaryl/α,β-unsaturated/α-hetero) is 1. The maximum atomic E-state index is 14.1. The van der Waals surface area contributed by atoms with Gasteiger partial charge in [-0.3, -0.25) is 19.2 Å². The van der Waals surface area contributed by atoms with Gasteiger partial charge in [0.25, 0.3) is 0 Å². The summed E-state index contributed by atoms with van der Waals surface area (Å²) in [5, 5.41) is 24.9. The molecule has 0 aliphatic heterocycles. The number of nitrogens with two attached hydrogens (primary N) is 2. The highest BCUT2D eigenvalue weighted by molar-refractivity contribution is 6.05. The lowest BCUT2D eigenvalue weighted by Crippen LogP contribution is -2.49. The number of fused-ring (bicyclic) bond motifs is 1. The fourth-order valence-electron chi connectivity index (χ4n) is 4.94. The van der Waals surface area contributed by atoms with Gasteiger partial charge in [0.1, 0.15) is 17.6 Å². The zero-order chi connectivity index (χ0) is 32.8. The van der Waals surface area contributed by atoms with Crippen LogP contribution in [0, 0.1) is 12.7 Å². The van der Waals surface area contributed by atoms with E-state index in [0.29, 0.717) is 22.0 Å². The van der Waals surface area contributed by atoms with E-state index in [9.17, 15) is 33.5 Å². The van der Waals surface area contributed by atoms with E-state index in [-0.39, 0.29) is 30.9 Å². The average Bonchev–Trinajstić information content (AvgIpc) is 3.33. The summed E-state index contributed by atoms with van der Waals surface area (Å²) in [5.74, 6) is -4.77. The molecule has 0 radical (unpaired) electrons. The Labute approximate surface area is 256 Å². The second kappa shape index (κ2) is 13.9. The molecule has 0 aliphatic carbocycles. The van der Waals surface area contributed by atoms with E-state index in [1.807, 2.05) is 6.92 Å². The molecular formula is C32H32FN5O7. The predicted molar refractivity (Wildman–Crippen MR) is 163 cm³/mol. The van der Waals surface area contributed by atoms with Crippen LogP contribution in [-0.4, -0.2) is 61.6 Å². The number of nitrogens with one attached hydrogen (secondary N) is 1. The van der Waals surface area contributed by atoms with Crippen LogP contribution in [-0.2, 0) is 32.0 Å². The van der Waals surface area contributed by atoms with E-state index < -0.39 is 54.5 Å². The number of hydrogen-bond donors (Lipinski definition) is 5. The number of anilines is 1. The molecule has 0 bridgehead atoms. The van der Waals surface area contributed by atoms with Crippen LogP contribution in [0.3, 0.4) is 0 Å². The van der Waals surface area contributed by atoms with Gasteiger partial charge in [-0.2, -0.15) is 4.68 Å². The molecule has 1 heterocycles. The number of aliphatic carboxylic acids is 2. The van der Waals surface area contributed by atoms with Crippen LogP contribution in [0.4, 0.5) is 10.2 Å². The number of aryl methyl sites for hydroxylation is 1. The first kappa shape index (κ1) is 32.5. The van der Waals surface area contributed by atoms with Gasteiger partial charge >= 0.3 is 11.9 Å². The van der Waals surface area contributed by atoms with E-state index in [1.165, 1.54) is 6.07 Å². The molecule has 13 heteroatoms. The number of ketones is 1. The lowest BCUT2D eigenvalue weighted by molar-refractivity contribution is -0.143. The number of carboxylic acid groups (broad SMARTS) is 2. The van der Waals surface area contributed by atoms with Crippen LogP contribution in [0.25, 0.3) is 22.0 Å². The maximum Gasteiger partial charge on any atom is 0.326 e. The summed E-state index contributed by atoms with van der Waals surface area (Å²) >= 11 is 0. The number of halogens is 1. The van der Waals surface area contributed by atoms with Crippen molar-refractivity contribution in [3.05, 3.63) is 83.2 Å². The SMILES string of the molecule is Cc1ccc(F)c(CC(=O)Cc2ccc(-c3cccc4c3c(N)nn4C(=O)C[C@H](N)C(=O)N[C@@H](CCC(=O)O)C(=O)O)cc2)c1. The van der Waals surface area contributed by atoms with Gasteiger partial charge in [0.05, 0.1) is 23.4 Å². The van der Waals surface area contributed by atoms with Crippen molar-refractivity contribution in [2.45, 2.75) is 51.1 Å². The van der Waals surface area contributed by atoms with Gasteiger partial charge in [-0.25, -0.2) is 9.18 Å². The maximum absolute atomic E-state index is 14.1. The highest BCUT2D eigenvalue weighted by atomic mass is 19.1. The van der Waals surface area contributed by atoms with Crippen molar-refractivity contribution >= 4 is 46.3 Å². The molecule has 4 aromatic rings. The number of nitrogen functional groups attached to an aromatic ring is 1. The van der Waals surface area contributed by atoms with E-state index in [2.05, 4.69) is 10.4 Å². The van der Waals surface area contributed by atoms with Crippen LogP contribution in [0.2, 0.25) is 0 Å². The average molecular weight is 618 g/mol. The molecule has 0 saturated heterocycles. The summed E-state index contributed by atoms with van der Waals surface area (Å²) in [4.78, 5) is 60.4. The van der Waals surface area contributed by atoms with E-state index in [1.54, 1.807) is 54.6 Å². The number of carboxylic acids is 2. The van der Waals surface area contributed by atoms with Crippen LogP contribution in [0.15, 0.2) is 60.7 Å². The molecule has 0 saturated carbocycles. The van der Waals surface area contributed by atoms with Gasteiger partial charge < -0.3 is 27.0 Å². The van der Waals surface area contributed by atoms with Crippen LogP contribution < -0.4 is 16.8 Å². The molecule has 0 spiro atoms. The van der Waals surface area contributed by atoms with Crippen molar-refractivity contribution in [1.29, 1.82) is 0 Å². The lowest BCUT2D eigenvalue weighted by Gasteiger charge is -2.17. The molecule has 2 atom stereocenters. The molecule has 45 heavy (non-hydrogen) atoms.